The number of hydrogen-bond acceptors (Lipinski definition) is 6. The fraction of sp³-hybridized carbons (Fsp3) is 0.250. The summed E-state index contributed by atoms with van der Waals surface area (Å²) in [6.45, 7) is 7.68. The first kappa shape index (κ1) is 39.0. The molecule has 57 heavy (non-hydrogen) atoms. The molecule has 0 amide bonds. The van der Waals surface area contributed by atoms with Gasteiger partial charge in [-0.05, 0) is 161 Å². The Balaban J connectivity index is 1.30. The molecule has 2 heterocycles. The maximum Gasteiger partial charge on any atom is 0.178 e. The Morgan fingerprint density at radius 2 is 1.30 bits per heavy atom. The topological polar surface area (TPSA) is 49.4 Å². The molecule has 1 aliphatic carbocycles. The number of fused-ring (bicyclic) bond motifs is 8. The Hall–Kier alpha value is -3.53. The predicted octanol–water partition coefficient (Wildman–Crippen LogP) is 12.4. The van der Waals surface area contributed by atoms with Gasteiger partial charge in [0.05, 0.1) is 40.2 Å². The van der Waals surface area contributed by atoms with E-state index in [0.29, 0.717) is 13.2 Å². The second-order valence-corrected chi connectivity index (χ2v) is 26.3. The van der Waals surface area contributed by atoms with Gasteiger partial charge in [0.15, 0.2) is 5.60 Å². The molecule has 2 aliphatic heterocycles. The first-order valence-electron chi connectivity index (χ1n) is 19.0. The quantitative estimate of drug-likeness (QED) is 0.112. The summed E-state index contributed by atoms with van der Waals surface area (Å²) in [5, 5.41) is 2.16. The Morgan fingerprint density at radius 1 is 0.684 bits per heavy atom. The van der Waals surface area contributed by atoms with Gasteiger partial charge in [0.25, 0.3) is 0 Å². The fourth-order valence-electron chi connectivity index (χ4n) is 8.90. The second-order valence-electron chi connectivity index (χ2n) is 15.3. The molecule has 1 fully saturated rings. The number of halogens is 3. The number of benzene rings is 6. The van der Waals surface area contributed by atoms with Gasteiger partial charge in [0, 0.05) is 40.6 Å². The van der Waals surface area contributed by atoms with Crippen molar-refractivity contribution in [3.8, 4) is 45.3 Å². The number of rotatable bonds is 8. The molecule has 0 spiro atoms. The van der Waals surface area contributed by atoms with E-state index in [2.05, 4.69) is 178 Å². The molecule has 6 nitrogen and oxygen atoms in total. The van der Waals surface area contributed by atoms with Gasteiger partial charge < -0.3 is 28.6 Å². The zero-order valence-corrected chi connectivity index (χ0v) is 38.9. The number of anilines is 1. The van der Waals surface area contributed by atoms with Crippen molar-refractivity contribution in [3.05, 3.63) is 143 Å². The molecular formula is C48H42I3NO5. The third-order valence-electron chi connectivity index (χ3n) is 11.9. The largest absolute Gasteiger partial charge is 0.497 e. The van der Waals surface area contributed by atoms with Crippen LogP contribution in [0.15, 0.2) is 109 Å². The van der Waals surface area contributed by atoms with Crippen LogP contribution in [0, 0.1) is 0 Å². The first-order valence-corrected chi connectivity index (χ1v) is 22.2. The minimum absolute atomic E-state index is 0.00418. The minimum Gasteiger partial charge on any atom is -0.497 e. The van der Waals surface area contributed by atoms with Gasteiger partial charge in [0.1, 0.15) is 22.4 Å². The molecule has 0 aromatic heterocycles. The van der Waals surface area contributed by atoms with Gasteiger partial charge in [-0.3, -0.25) is 0 Å². The Bertz CT molecular complexity index is 2490. The lowest BCUT2D eigenvalue weighted by Gasteiger charge is -2.39. The molecular weight excluding hydrogens is 1050 g/mol. The number of hydrogen-bond donors (Lipinski definition) is 0. The second kappa shape index (κ2) is 14.9. The van der Waals surface area contributed by atoms with Crippen molar-refractivity contribution >= 4 is 90.3 Å². The molecule has 3 aliphatic rings. The SMILES string of the molecule is COc1ccc(C2(c3ccc(OC)cc3)C=Cc3c4c(c5cc(N6CCOCC6)c(OC)cc5c3O2)-c2ccc(-c3ccc(C(I)(I)I)cc3)cc2C4(C)C)cc1. The molecule has 0 saturated carbocycles. The highest BCUT2D eigenvalue weighted by Crippen LogP contribution is 2.60. The maximum atomic E-state index is 7.63. The van der Waals surface area contributed by atoms with Crippen LogP contribution >= 0.6 is 67.8 Å². The lowest BCUT2D eigenvalue weighted by Crippen LogP contribution is -2.36. The summed E-state index contributed by atoms with van der Waals surface area (Å²) in [5.41, 5.74) is 11.6. The summed E-state index contributed by atoms with van der Waals surface area (Å²) >= 11 is 7.46. The van der Waals surface area contributed by atoms with Crippen LogP contribution in [0.2, 0.25) is 0 Å². The van der Waals surface area contributed by atoms with Gasteiger partial charge in [-0.15, -0.1) is 0 Å². The number of alkyl halides is 3. The van der Waals surface area contributed by atoms with Crippen LogP contribution in [0.3, 0.4) is 0 Å². The highest BCUT2D eigenvalue weighted by molar-refractivity contribution is 14.3. The molecule has 0 radical (unpaired) electrons. The zero-order chi connectivity index (χ0) is 39.7. The molecule has 0 unspecified atom stereocenters. The number of methoxy groups -OCH3 is 3. The highest BCUT2D eigenvalue weighted by Gasteiger charge is 2.45. The van der Waals surface area contributed by atoms with Gasteiger partial charge in [-0.25, -0.2) is 0 Å². The predicted molar refractivity (Wildman–Crippen MR) is 257 cm³/mol. The molecule has 0 N–H and O–H groups in total. The smallest absolute Gasteiger partial charge is 0.178 e. The zero-order valence-electron chi connectivity index (χ0n) is 32.4. The normalized spacial score (nSPS) is 16.4. The number of ether oxygens (including phenoxy) is 5. The van der Waals surface area contributed by atoms with Crippen LogP contribution in [0.5, 0.6) is 23.0 Å². The molecule has 290 valence electrons. The standard InChI is InChI=1S/C48H42I3NO5/c1-46(2)40-26-30(29-6-9-33(10-7-29)48(49,50)51)8-19-36(40)43-38-27-41(52-22-24-56-25-23-52)42(55-5)28-39(38)45-37(44(43)46)20-21-47(57-45,31-11-15-34(53-3)16-12-31)32-13-17-35(54-4)18-14-32/h6-21,26-28H,22-25H2,1-5H3. The molecule has 1 saturated heterocycles. The van der Waals surface area contributed by atoms with E-state index in [9.17, 15) is 0 Å². The van der Waals surface area contributed by atoms with Crippen LogP contribution in [-0.4, -0.2) is 47.6 Å². The van der Waals surface area contributed by atoms with Crippen molar-refractivity contribution in [3.63, 3.8) is 0 Å². The van der Waals surface area contributed by atoms with E-state index in [4.69, 9.17) is 23.7 Å². The van der Waals surface area contributed by atoms with E-state index in [-0.39, 0.29) is 4.85 Å². The summed E-state index contributed by atoms with van der Waals surface area (Å²) in [6.07, 6.45) is 4.52. The summed E-state index contributed by atoms with van der Waals surface area (Å²) in [7, 11) is 5.14. The lowest BCUT2D eigenvalue weighted by molar-refractivity contribution is 0.122. The average molecular weight is 1090 g/mol. The molecule has 6 aromatic carbocycles. The Kier molecular flexibility index (Phi) is 10.2. The van der Waals surface area contributed by atoms with Crippen molar-refractivity contribution in [1.29, 1.82) is 0 Å². The lowest BCUT2D eigenvalue weighted by atomic mass is 9.76. The number of nitrogens with zero attached hydrogens (tertiary/aromatic N) is 1. The van der Waals surface area contributed by atoms with Crippen LogP contribution in [-0.2, 0) is 15.2 Å². The molecule has 9 rings (SSSR count). The minimum atomic E-state index is -0.941. The monoisotopic (exact) mass is 1090 g/mol. The third-order valence-corrected chi connectivity index (χ3v) is 13.7. The van der Waals surface area contributed by atoms with Crippen molar-refractivity contribution in [1.82, 2.24) is 0 Å². The van der Waals surface area contributed by atoms with Crippen LogP contribution < -0.4 is 23.8 Å². The molecule has 0 bridgehead atoms. The first-order chi connectivity index (χ1) is 27.5. The van der Waals surface area contributed by atoms with Crippen LogP contribution in [0.25, 0.3) is 39.1 Å². The maximum absolute atomic E-state index is 7.63. The van der Waals surface area contributed by atoms with Gasteiger partial charge >= 0.3 is 0 Å². The van der Waals surface area contributed by atoms with Gasteiger partial charge in [-0.2, -0.15) is 0 Å². The van der Waals surface area contributed by atoms with Gasteiger partial charge in [-0.1, -0.05) is 80.6 Å². The number of morpholine rings is 1. The molecule has 0 atom stereocenters. The Labute approximate surface area is 375 Å². The van der Waals surface area contributed by atoms with E-state index in [1.165, 1.54) is 38.9 Å². The van der Waals surface area contributed by atoms with Gasteiger partial charge in [0.2, 0.25) is 0 Å². The van der Waals surface area contributed by atoms with E-state index < -0.39 is 5.60 Å². The van der Waals surface area contributed by atoms with Crippen LogP contribution in [0.1, 0.15) is 47.2 Å². The molecule has 9 heteroatoms. The highest BCUT2D eigenvalue weighted by atomic mass is 127. The summed E-state index contributed by atoms with van der Waals surface area (Å²) in [6, 6.07) is 36.9. The van der Waals surface area contributed by atoms with E-state index in [1.54, 1.807) is 21.3 Å². The van der Waals surface area contributed by atoms with Crippen molar-refractivity contribution in [2.24, 2.45) is 0 Å². The Morgan fingerprint density at radius 3 is 1.88 bits per heavy atom. The summed E-state index contributed by atoms with van der Waals surface area (Å²) < 4.78 is 30.8. The van der Waals surface area contributed by atoms with Crippen molar-refractivity contribution in [2.45, 2.75) is 24.3 Å². The third kappa shape index (κ3) is 6.58. The van der Waals surface area contributed by atoms with E-state index in [0.717, 1.165) is 69.2 Å². The molecule has 6 aromatic rings. The summed E-state index contributed by atoms with van der Waals surface area (Å²) in [5.74, 6) is 3.22. The summed E-state index contributed by atoms with van der Waals surface area (Å²) in [4.78, 5) is 2.39. The van der Waals surface area contributed by atoms with Crippen molar-refractivity contribution < 1.29 is 23.7 Å². The average Bonchev–Trinajstić information content (AvgIpc) is 3.49. The van der Waals surface area contributed by atoms with E-state index in [1.807, 2.05) is 24.3 Å². The fourth-order valence-corrected chi connectivity index (χ4v) is 9.98. The van der Waals surface area contributed by atoms with Crippen LogP contribution in [0.4, 0.5) is 5.69 Å². The van der Waals surface area contributed by atoms with Crippen molar-refractivity contribution in [2.75, 3.05) is 52.5 Å². The van der Waals surface area contributed by atoms with E-state index >= 15 is 0 Å².